The Bertz CT molecular complexity index is 1410. The average molecular weight is 759 g/mol. The van der Waals surface area contributed by atoms with Gasteiger partial charge in [-0.15, -0.1) is 13.2 Å². The summed E-state index contributed by atoms with van der Waals surface area (Å²) in [6.45, 7) is 6.16. The van der Waals surface area contributed by atoms with E-state index in [0.717, 1.165) is 26.7 Å². The van der Waals surface area contributed by atoms with Gasteiger partial charge < -0.3 is 78.7 Å². The van der Waals surface area contributed by atoms with Crippen LogP contribution < -0.4 is 0 Å². The number of hydrogen-bond donors (Lipinski definition) is 8. The summed E-state index contributed by atoms with van der Waals surface area (Å²) in [5.41, 5.74) is -0.223. The summed E-state index contributed by atoms with van der Waals surface area (Å²) >= 11 is 0. The largest absolute Gasteiger partial charge is 0.471 e. The minimum Gasteiger partial charge on any atom is -0.471 e. The first kappa shape index (κ1) is 42.2. The second kappa shape index (κ2) is 18.7. The topological polar surface area (TPSA) is 287 Å². The van der Waals surface area contributed by atoms with Crippen LogP contribution in [0.4, 0.5) is 0 Å². The van der Waals surface area contributed by atoms with Crippen molar-refractivity contribution in [1.82, 2.24) is 0 Å². The van der Waals surface area contributed by atoms with Crippen LogP contribution in [0, 0.1) is 23.7 Å². The second-order valence-electron chi connectivity index (χ2n) is 12.6. The Balaban J connectivity index is 1.66. The van der Waals surface area contributed by atoms with E-state index in [4.69, 9.17) is 37.9 Å². The van der Waals surface area contributed by atoms with Gasteiger partial charge in [-0.25, -0.2) is 9.59 Å². The molecule has 0 aromatic heterocycles. The van der Waals surface area contributed by atoms with Crippen LogP contribution in [0.15, 0.2) is 60.6 Å². The van der Waals surface area contributed by atoms with Crippen molar-refractivity contribution >= 4 is 18.2 Å². The third-order valence-corrected chi connectivity index (χ3v) is 9.59. The van der Waals surface area contributed by atoms with Crippen LogP contribution in [0.25, 0.3) is 0 Å². The number of ether oxygens (including phenoxy) is 8. The highest BCUT2D eigenvalue weighted by Crippen LogP contribution is 2.41. The summed E-state index contributed by atoms with van der Waals surface area (Å²) in [5, 5.41) is 81.1. The molecule has 2 fully saturated rings. The summed E-state index contributed by atoms with van der Waals surface area (Å²) in [7, 11) is 2.23. The maximum absolute atomic E-state index is 13.0. The van der Waals surface area contributed by atoms with Gasteiger partial charge in [0.1, 0.15) is 55.1 Å². The molecule has 296 valence electrons. The van der Waals surface area contributed by atoms with Gasteiger partial charge in [0, 0.05) is 17.8 Å². The van der Waals surface area contributed by atoms with Crippen LogP contribution >= 0.6 is 0 Å². The van der Waals surface area contributed by atoms with Crippen LogP contribution in [0.5, 0.6) is 0 Å². The lowest BCUT2D eigenvalue weighted by Crippen LogP contribution is -2.60. The molecule has 0 aliphatic carbocycles. The van der Waals surface area contributed by atoms with Crippen molar-refractivity contribution in [2.75, 3.05) is 27.4 Å². The summed E-state index contributed by atoms with van der Waals surface area (Å²) in [4.78, 5) is 38.7. The van der Waals surface area contributed by atoms with E-state index in [1.807, 2.05) is 0 Å². The number of allylic oxidation sites excluding steroid dienone is 2. The Morgan fingerprint density at radius 2 is 1.15 bits per heavy atom. The highest BCUT2D eigenvalue weighted by Gasteiger charge is 2.50. The third kappa shape index (κ3) is 8.72. The number of aliphatic hydroxyl groups excluding tert-OH is 8. The molecule has 0 aromatic rings. The summed E-state index contributed by atoms with van der Waals surface area (Å²) in [5.74, 6) is -5.82. The molecule has 0 spiro atoms. The molecular weight excluding hydrogens is 712 g/mol. The monoisotopic (exact) mass is 758 g/mol. The van der Waals surface area contributed by atoms with Gasteiger partial charge in [0.25, 0.3) is 0 Å². The van der Waals surface area contributed by atoms with Crippen molar-refractivity contribution in [3.63, 3.8) is 0 Å². The van der Waals surface area contributed by atoms with Crippen molar-refractivity contribution in [2.24, 2.45) is 23.7 Å². The van der Waals surface area contributed by atoms with E-state index in [1.54, 1.807) is 0 Å². The quantitative estimate of drug-likeness (QED) is 0.0375. The van der Waals surface area contributed by atoms with Crippen LogP contribution in [0.1, 0.15) is 6.42 Å². The minimum absolute atomic E-state index is 0.0210. The molecule has 0 unspecified atom stereocenters. The minimum atomic E-state index is -1.81. The van der Waals surface area contributed by atoms with Crippen LogP contribution in [-0.4, -0.2) is 161 Å². The van der Waals surface area contributed by atoms with Gasteiger partial charge in [-0.3, -0.25) is 4.79 Å². The first-order valence-corrected chi connectivity index (χ1v) is 16.5. The number of rotatable bonds is 14. The maximum Gasteiger partial charge on any atom is 0.337 e. The zero-order chi connectivity index (χ0) is 39.1. The Hall–Kier alpha value is -3.57. The lowest BCUT2D eigenvalue weighted by atomic mass is 9.76. The second-order valence-corrected chi connectivity index (χ2v) is 12.6. The Labute approximate surface area is 303 Å². The van der Waals surface area contributed by atoms with Crippen molar-refractivity contribution in [2.45, 2.75) is 80.4 Å². The Morgan fingerprint density at radius 3 is 1.58 bits per heavy atom. The lowest BCUT2D eigenvalue weighted by molar-refractivity contribution is -0.339. The summed E-state index contributed by atoms with van der Waals surface area (Å²) < 4.78 is 43.7. The van der Waals surface area contributed by atoms with Gasteiger partial charge in [-0.2, -0.15) is 0 Å². The molecule has 19 nitrogen and oxygen atoms in total. The van der Waals surface area contributed by atoms with Gasteiger partial charge >= 0.3 is 11.9 Å². The predicted molar refractivity (Wildman–Crippen MR) is 173 cm³/mol. The first-order valence-electron chi connectivity index (χ1n) is 16.5. The van der Waals surface area contributed by atoms with Crippen molar-refractivity contribution in [3.05, 3.63) is 60.6 Å². The van der Waals surface area contributed by atoms with E-state index in [0.29, 0.717) is 6.29 Å². The standard InChI is InChI=1S/C34H46O19/c1-5-15-17(18(29(44)46-3)12-48-31(15)52-33-27(42)25(40)23(38)20(10-36)50-33)8-7-14(9-35)22-16(6-2)32(49-13-19(22)30(45)47-4)53-34-28(43)26(41)24(39)21(11-37)51-34/h5-7,9,12-13,15-17,20-28,31-34,36-43H,1-2,8,10-11H2,3-4H3/b14-7-/t15-,16-,17-,20+,21+,22-,23+,24+,25-,26-,27+,28+,31+,32-,33-,34-/m0/s1. The van der Waals surface area contributed by atoms with E-state index in [9.17, 15) is 55.2 Å². The fraction of sp³-hybridized carbons (Fsp3) is 0.618. The van der Waals surface area contributed by atoms with Crippen molar-refractivity contribution in [1.29, 1.82) is 0 Å². The van der Waals surface area contributed by atoms with Gasteiger partial charge in [-0.05, 0) is 12.0 Å². The lowest BCUT2D eigenvalue weighted by Gasteiger charge is -2.43. The number of esters is 2. The third-order valence-electron chi connectivity index (χ3n) is 9.59. The van der Waals surface area contributed by atoms with E-state index in [1.165, 1.54) is 18.2 Å². The number of methoxy groups -OCH3 is 2. The number of aliphatic hydroxyl groups is 8. The van der Waals surface area contributed by atoms with Crippen molar-refractivity contribution < 1.29 is 93.1 Å². The Kier molecular flexibility index (Phi) is 14.8. The normalized spacial score (nSPS) is 40.4. The SMILES string of the molecule is C=C[C@@H]1[C@@H](O[C@@H]2O[C@H](CO)[C@@H](O)[C@H](O)[C@H]2O)OC=C(C(=O)OC)[C@H]1C/C=C(/C=O)[C@@H]1C(C(=O)OC)=CO[C@@H](O[C@@H]2O[C@H](CO)[C@@H](O)[C@H](O)[C@H]2O)[C@H]1C=C. The Morgan fingerprint density at radius 1 is 0.698 bits per heavy atom. The molecule has 8 N–H and O–H groups in total. The molecule has 16 atom stereocenters. The van der Waals surface area contributed by atoms with E-state index in [-0.39, 0.29) is 23.1 Å². The zero-order valence-electron chi connectivity index (χ0n) is 28.8. The van der Waals surface area contributed by atoms with Gasteiger partial charge in [-0.1, -0.05) is 18.2 Å². The molecule has 4 heterocycles. The number of hydrogen-bond acceptors (Lipinski definition) is 19. The van der Waals surface area contributed by atoms with Crippen LogP contribution in [-0.2, 0) is 52.3 Å². The first-order chi connectivity index (χ1) is 25.3. The zero-order valence-corrected chi connectivity index (χ0v) is 28.8. The van der Waals surface area contributed by atoms with Gasteiger partial charge in [0.2, 0.25) is 12.6 Å². The van der Waals surface area contributed by atoms with Crippen molar-refractivity contribution in [3.8, 4) is 0 Å². The van der Waals surface area contributed by atoms with E-state index >= 15 is 0 Å². The fourth-order valence-corrected chi connectivity index (χ4v) is 6.58. The number of carbonyl (C=O) groups is 3. The molecule has 0 amide bonds. The molecule has 0 bridgehead atoms. The van der Waals surface area contributed by atoms with Gasteiger partial charge in [0.15, 0.2) is 12.6 Å². The number of carbonyl (C=O) groups excluding carboxylic acids is 3. The predicted octanol–water partition coefficient (Wildman–Crippen LogP) is -3.20. The summed E-state index contributed by atoms with van der Waals surface area (Å²) in [6.07, 6.45) is -12.7. The molecular formula is C34H46O19. The average Bonchev–Trinajstić information content (AvgIpc) is 3.17. The van der Waals surface area contributed by atoms with E-state index in [2.05, 4.69) is 13.2 Å². The highest BCUT2D eigenvalue weighted by atomic mass is 16.8. The van der Waals surface area contributed by atoms with Crippen LogP contribution in [0.2, 0.25) is 0 Å². The molecule has 0 aromatic carbocycles. The van der Waals surface area contributed by atoms with E-state index < -0.39 is 123 Å². The molecule has 4 aliphatic heterocycles. The highest BCUT2D eigenvalue weighted by molar-refractivity contribution is 5.92. The van der Waals surface area contributed by atoms with Crippen LogP contribution in [0.3, 0.4) is 0 Å². The maximum atomic E-state index is 13.0. The molecule has 2 saturated heterocycles. The molecule has 19 heteroatoms. The molecule has 0 saturated carbocycles. The fourth-order valence-electron chi connectivity index (χ4n) is 6.58. The summed E-state index contributed by atoms with van der Waals surface area (Å²) in [6, 6.07) is 0. The molecule has 4 aliphatic rings. The number of aldehydes is 1. The van der Waals surface area contributed by atoms with Gasteiger partial charge in [0.05, 0.1) is 57.0 Å². The molecule has 0 radical (unpaired) electrons. The smallest absolute Gasteiger partial charge is 0.337 e. The molecule has 53 heavy (non-hydrogen) atoms. The molecule has 4 rings (SSSR count).